The number of hydrogen-bond donors (Lipinski definition) is 0. The van der Waals surface area contributed by atoms with E-state index in [1.165, 1.54) is 22.2 Å². The number of aromatic nitrogens is 3. The van der Waals surface area contributed by atoms with Crippen LogP contribution >= 0.6 is 0 Å². The molecule has 34 heavy (non-hydrogen) atoms. The molecule has 1 aliphatic rings. The fourth-order valence-electron chi connectivity index (χ4n) is 4.67. The zero-order valence-corrected chi connectivity index (χ0v) is 18.9. The highest BCUT2D eigenvalue weighted by Crippen LogP contribution is 2.22. The number of nitrogens with zero attached hydrogens (tertiary/aromatic N) is 4. The molecular formula is C27H27FN4O2. The Labute approximate surface area is 197 Å². The molecule has 0 radical (unpaired) electrons. The van der Waals surface area contributed by atoms with Gasteiger partial charge in [-0.3, -0.25) is 9.59 Å². The molecule has 0 atom stereocenters. The van der Waals surface area contributed by atoms with E-state index in [1.54, 1.807) is 35.2 Å². The second-order valence-corrected chi connectivity index (χ2v) is 8.93. The van der Waals surface area contributed by atoms with Gasteiger partial charge < -0.3 is 9.47 Å². The molecule has 1 fully saturated rings. The lowest BCUT2D eigenvalue weighted by molar-refractivity contribution is -0.132. The largest absolute Gasteiger partial charge is 0.343 e. The van der Waals surface area contributed by atoms with E-state index in [0.717, 1.165) is 37.9 Å². The quantitative estimate of drug-likeness (QED) is 0.436. The van der Waals surface area contributed by atoms with Gasteiger partial charge in [-0.1, -0.05) is 30.3 Å². The highest BCUT2D eigenvalue weighted by Gasteiger charge is 2.23. The van der Waals surface area contributed by atoms with E-state index >= 15 is 0 Å². The molecule has 0 aliphatic carbocycles. The zero-order valence-electron chi connectivity index (χ0n) is 18.9. The van der Waals surface area contributed by atoms with Crippen molar-refractivity contribution in [2.75, 3.05) is 13.1 Å². The van der Waals surface area contributed by atoms with Crippen molar-refractivity contribution in [2.24, 2.45) is 5.92 Å². The number of amides is 1. The molecule has 4 aromatic rings. The van der Waals surface area contributed by atoms with Gasteiger partial charge in [0.05, 0.1) is 5.69 Å². The van der Waals surface area contributed by atoms with Crippen molar-refractivity contribution < 1.29 is 9.18 Å². The molecule has 0 spiro atoms. The van der Waals surface area contributed by atoms with Gasteiger partial charge in [0.1, 0.15) is 11.3 Å². The lowest BCUT2D eigenvalue weighted by Gasteiger charge is -2.32. The summed E-state index contributed by atoms with van der Waals surface area (Å²) >= 11 is 0. The van der Waals surface area contributed by atoms with Crippen LogP contribution in [0.15, 0.2) is 77.9 Å². The Balaban J connectivity index is 1.19. The van der Waals surface area contributed by atoms with Gasteiger partial charge in [0.2, 0.25) is 5.91 Å². The minimum absolute atomic E-state index is 0.0884. The van der Waals surface area contributed by atoms with Crippen LogP contribution in [0.1, 0.15) is 24.8 Å². The molecular weight excluding hydrogens is 431 g/mol. The Morgan fingerprint density at radius 1 is 1.00 bits per heavy atom. The summed E-state index contributed by atoms with van der Waals surface area (Å²) in [6, 6.07) is 18.2. The standard InChI is InChI=1S/C27H27FN4O2/c28-23-8-6-22(7-9-23)24-19-25-27(34)31(16-17-32(25)29-24)15-12-26(33)30-13-10-21(11-14-30)18-20-4-2-1-3-5-20/h1-9,16-17,19,21H,10-15,18H2. The summed E-state index contributed by atoms with van der Waals surface area (Å²) < 4.78 is 16.3. The lowest BCUT2D eigenvalue weighted by atomic mass is 9.90. The van der Waals surface area contributed by atoms with Gasteiger partial charge in [-0.2, -0.15) is 5.10 Å². The van der Waals surface area contributed by atoms with E-state index in [-0.39, 0.29) is 17.3 Å². The Morgan fingerprint density at radius 2 is 1.74 bits per heavy atom. The van der Waals surface area contributed by atoms with Crippen LogP contribution in [0.2, 0.25) is 0 Å². The van der Waals surface area contributed by atoms with Crippen molar-refractivity contribution in [3.05, 3.63) is 94.8 Å². The molecule has 0 N–H and O–H groups in total. The Morgan fingerprint density at radius 3 is 2.47 bits per heavy atom. The van der Waals surface area contributed by atoms with Crippen molar-refractivity contribution in [3.63, 3.8) is 0 Å². The van der Waals surface area contributed by atoms with Gasteiger partial charge in [-0.25, -0.2) is 8.91 Å². The number of aryl methyl sites for hydroxylation is 1. The Hall–Kier alpha value is -3.74. The van der Waals surface area contributed by atoms with Gasteiger partial charge in [0, 0.05) is 44.0 Å². The first kappa shape index (κ1) is 22.1. The van der Waals surface area contributed by atoms with Gasteiger partial charge in [0.25, 0.3) is 5.56 Å². The number of halogens is 1. The van der Waals surface area contributed by atoms with Crippen molar-refractivity contribution in [1.29, 1.82) is 0 Å². The number of benzene rings is 2. The van der Waals surface area contributed by atoms with Crippen LogP contribution < -0.4 is 5.56 Å². The number of piperidine rings is 1. The van der Waals surface area contributed by atoms with Crippen molar-refractivity contribution in [3.8, 4) is 11.3 Å². The Kier molecular flexibility index (Phi) is 6.25. The maximum Gasteiger partial charge on any atom is 0.276 e. The third kappa shape index (κ3) is 4.78. The van der Waals surface area contributed by atoms with Crippen LogP contribution in [0, 0.1) is 11.7 Å². The summed E-state index contributed by atoms with van der Waals surface area (Å²) in [5.74, 6) is 0.374. The topological polar surface area (TPSA) is 59.6 Å². The number of carbonyl (C=O) groups excluding carboxylic acids is 1. The minimum atomic E-state index is -0.319. The van der Waals surface area contributed by atoms with E-state index in [2.05, 4.69) is 29.4 Å². The monoisotopic (exact) mass is 458 g/mol. The van der Waals surface area contributed by atoms with E-state index in [9.17, 15) is 14.0 Å². The summed E-state index contributed by atoms with van der Waals surface area (Å²) in [7, 11) is 0. The third-order valence-corrected chi connectivity index (χ3v) is 6.64. The fraction of sp³-hybridized carbons (Fsp3) is 0.296. The molecule has 0 bridgehead atoms. The summed E-state index contributed by atoms with van der Waals surface area (Å²) in [4.78, 5) is 27.7. The molecule has 2 aromatic carbocycles. The van der Waals surface area contributed by atoms with E-state index < -0.39 is 0 Å². The molecule has 3 heterocycles. The summed E-state index contributed by atoms with van der Waals surface area (Å²) in [5, 5.41) is 4.43. The molecule has 5 rings (SSSR count). The number of fused-ring (bicyclic) bond motifs is 1. The fourth-order valence-corrected chi connectivity index (χ4v) is 4.67. The van der Waals surface area contributed by atoms with Gasteiger partial charge in [-0.15, -0.1) is 0 Å². The molecule has 0 saturated carbocycles. The molecule has 7 heteroatoms. The van der Waals surface area contributed by atoms with Crippen molar-refractivity contribution >= 4 is 11.4 Å². The molecule has 1 saturated heterocycles. The van der Waals surface area contributed by atoms with Crippen molar-refractivity contribution in [1.82, 2.24) is 19.1 Å². The Bertz CT molecular complexity index is 1340. The zero-order chi connectivity index (χ0) is 23.5. The first-order valence-corrected chi connectivity index (χ1v) is 11.7. The summed E-state index contributed by atoms with van der Waals surface area (Å²) in [6.45, 7) is 1.87. The van der Waals surface area contributed by atoms with Crippen LogP contribution in [0.5, 0.6) is 0 Å². The van der Waals surface area contributed by atoms with Gasteiger partial charge in [0.15, 0.2) is 0 Å². The lowest BCUT2D eigenvalue weighted by Crippen LogP contribution is -2.39. The second kappa shape index (κ2) is 9.63. The molecule has 174 valence electrons. The second-order valence-electron chi connectivity index (χ2n) is 8.93. The van der Waals surface area contributed by atoms with E-state index in [1.807, 2.05) is 11.0 Å². The molecule has 2 aromatic heterocycles. The van der Waals surface area contributed by atoms with Crippen LogP contribution in [0.4, 0.5) is 4.39 Å². The summed E-state index contributed by atoms with van der Waals surface area (Å²) in [6.07, 6.45) is 6.74. The average molecular weight is 459 g/mol. The van der Waals surface area contributed by atoms with E-state index in [0.29, 0.717) is 30.1 Å². The molecule has 6 nitrogen and oxygen atoms in total. The highest BCUT2D eigenvalue weighted by atomic mass is 19.1. The summed E-state index contributed by atoms with van der Waals surface area (Å²) in [5.41, 5.74) is 2.92. The average Bonchev–Trinajstić information content (AvgIpc) is 3.30. The minimum Gasteiger partial charge on any atom is -0.343 e. The predicted molar refractivity (Wildman–Crippen MR) is 129 cm³/mol. The van der Waals surface area contributed by atoms with Crippen LogP contribution in [-0.2, 0) is 17.8 Å². The smallest absolute Gasteiger partial charge is 0.276 e. The predicted octanol–water partition coefficient (Wildman–Crippen LogP) is 4.17. The number of carbonyl (C=O) groups is 1. The maximum absolute atomic E-state index is 13.2. The van der Waals surface area contributed by atoms with Crippen LogP contribution in [0.3, 0.4) is 0 Å². The maximum atomic E-state index is 13.2. The molecule has 0 unspecified atom stereocenters. The molecule has 1 amide bonds. The number of rotatable bonds is 6. The normalized spacial score (nSPS) is 14.6. The van der Waals surface area contributed by atoms with Crippen LogP contribution in [0.25, 0.3) is 16.8 Å². The highest BCUT2D eigenvalue weighted by molar-refractivity contribution is 5.76. The third-order valence-electron chi connectivity index (χ3n) is 6.64. The first-order chi connectivity index (χ1) is 16.6. The van der Waals surface area contributed by atoms with Crippen molar-refractivity contribution in [2.45, 2.75) is 32.2 Å². The first-order valence-electron chi connectivity index (χ1n) is 11.7. The van der Waals surface area contributed by atoms with Gasteiger partial charge in [-0.05, 0) is 61.1 Å². The van der Waals surface area contributed by atoms with E-state index in [4.69, 9.17) is 0 Å². The van der Waals surface area contributed by atoms with Crippen LogP contribution in [-0.4, -0.2) is 38.1 Å². The molecule has 1 aliphatic heterocycles. The number of likely N-dealkylation sites (tertiary alicyclic amines) is 1. The van der Waals surface area contributed by atoms with Gasteiger partial charge >= 0.3 is 0 Å². The SMILES string of the molecule is O=C(CCn1ccn2nc(-c3ccc(F)cc3)cc2c1=O)N1CCC(Cc2ccccc2)CC1. The number of hydrogen-bond acceptors (Lipinski definition) is 3.